The summed E-state index contributed by atoms with van der Waals surface area (Å²) >= 11 is 7.14. The third-order valence-corrected chi connectivity index (χ3v) is 6.02. The number of amides is 1. The minimum atomic E-state index is -0.373. The first-order chi connectivity index (χ1) is 12.9. The number of halogens is 1. The summed E-state index contributed by atoms with van der Waals surface area (Å²) in [5, 5.41) is 3.37. The van der Waals surface area contributed by atoms with Gasteiger partial charge in [0.15, 0.2) is 6.61 Å². The Morgan fingerprint density at radius 2 is 1.81 bits per heavy atom. The van der Waals surface area contributed by atoms with Crippen molar-refractivity contribution in [1.82, 2.24) is 0 Å². The smallest absolute Gasteiger partial charge is 0.262 e. The number of thioether (sulfide) groups is 1. The van der Waals surface area contributed by atoms with Crippen LogP contribution in [0.25, 0.3) is 0 Å². The Bertz CT molecular complexity index is 675. The summed E-state index contributed by atoms with van der Waals surface area (Å²) in [6.07, 6.45) is 9.63. The normalized spacial score (nSPS) is 19.1. The van der Waals surface area contributed by atoms with Crippen LogP contribution in [0.4, 0.5) is 5.69 Å². The number of ether oxygens (including phenoxy) is 1. The van der Waals surface area contributed by atoms with Gasteiger partial charge >= 0.3 is 0 Å². The Morgan fingerprint density at radius 3 is 2.52 bits per heavy atom. The molecule has 0 fully saturated rings. The molecule has 0 radical (unpaired) electrons. The molecule has 6 heteroatoms. The molecule has 1 aromatic rings. The summed E-state index contributed by atoms with van der Waals surface area (Å²) < 4.78 is 5.35. The van der Waals surface area contributed by atoms with Crippen molar-refractivity contribution < 1.29 is 14.3 Å². The van der Waals surface area contributed by atoms with Crippen LogP contribution < -0.4 is 5.32 Å². The average Bonchev–Trinajstić information content (AvgIpc) is 2.92. The zero-order valence-corrected chi connectivity index (χ0v) is 17.6. The first-order valence-corrected chi connectivity index (χ1v) is 10.8. The van der Waals surface area contributed by atoms with Gasteiger partial charge in [0, 0.05) is 16.8 Å². The van der Waals surface area contributed by atoms with E-state index in [2.05, 4.69) is 12.2 Å². The van der Waals surface area contributed by atoms with Crippen LogP contribution in [0.3, 0.4) is 0 Å². The summed E-state index contributed by atoms with van der Waals surface area (Å²) in [6.45, 7) is 4.12. The zero-order chi connectivity index (χ0) is 19.7. The molecule has 0 saturated heterocycles. The predicted octanol–water partition coefficient (Wildman–Crippen LogP) is 5.96. The standard InChI is InChI=1S/C21H28ClNO3S/c1-3-4-5-6-7-8-13-21(2)18(14-20(25)27-21)26-15-19(24)23-17-11-9-16(22)10-12-17/h9-12,14H,3-8,13,15H2,1-2H3,(H,23,24)/t21-/m0/s1. The molecule has 1 aliphatic rings. The lowest BCUT2D eigenvalue weighted by atomic mass is 9.99. The second-order valence-corrected chi connectivity index (χ2v) is 8.97. The van der Waals surface area contributed by atoms with Crippen LogP contribution in [0, 0.1) is 0 Å². The lowest BCUT2D eigenvalue weighted by Crippen LogP contribution is -2.26. The summed E-state index contributed by atoms with van der Waals surface area (Å²) in [5.74, 6) is 0.349. The van der Waals surface area contributed by atoms with E-state index in [-0.39, 0.29) is 22.4 Å². The monoisotopic (exact) mass is 409 g/mol. The maximum Gasteiger partial charge on any atom is 0.262 e. The number of unbranched alkanes of at least 4 members (excludes halogenated alkanes) is 5. The number of nitrogens with one attached hydrogen (secondary N) is 1. The van der Waals surface area contributed by atoms with Gasteiger partial charge in [-0.2, -0.15) is 0 Å². The van der Waals surface area contributed by atoms with Gasteiger partial charge in [-0.05, 0) is 37.6 Å². The third-order valence-electron chi connectivity index (χ3n) is 4.59. The van der Waals surface area contributed by atoms with Gasteiger partial charge in [0.2, 0.25) is 5.12 Å². The number of hydrogen-bond donors (Lipinski definition) is 1. The first kappa shape index (κ1) is 21.8. The van der Waals surface area contributed by atoms with Gasteiger partial charge in [0.05, 0.1) is 4.75 Å². The Labute approximate surface area is 171 Å². The molecule has 1 aromatic carbocycles. The average molecular weight is 410 g/mol. The lowest BCUT2D eigenvalue weighted by Gasteiger charge is -2.26. The van der Waals surface area contributed by atoms with Crippen molar-refractivity contribution in [1.29, 1.82) is 0 Å². The molecule has 2 rings (SSSR count). The number of benzene rings is 1. The third kappa shape index (κ3) is 7.23. The minimum absolute atomic E-state index is 0.00316. The van der Waals surface area contributed by atoms with Crippen LogP contribution in [0.15, 0.2) is 36.1 Å². The van der Waals surface area contributed by atoms with Gasteiger partial charge < -0.3 is 10.1 Å². The van der Waals surface area contributed by atoms with Crippen molar-refractivity contribution in [2.45, 2.75) is 63.5 Å². The summed E-state index contributed by atoms with van der Waals surface area (Å²) in [5.41, 5.74) is 0.661. The van der Waals surface area contributed by atoms with Crippen LogP contribution in [-0.4, -0.2) is 22.4 Å². The van der Waals surface area contributed by atoms with Gasteiger partial charge in [-0.15, -0.1) is 0 Å². The van der Waals surface area contributed by atoms with Crippen molar-refractivity contribution in [2.75, 3.05) is 11.9 Å². The molecule has 148 valence electrons. The molecule has 1 heterocycles. The fourth-order valence-corrected chi connectivity index (χ4v) is 4.25. The highest BCUT2D eigenvalue weighted by molar-refractivity contribution is 8.15. The zero-order valence-electron chi connectivity index (χ0n) is 16.1. The van der Waals surface area contributed by atoms with E-state index >= 15 is 0 Å². The van der Waals surface area contributed by atoms with E-state index < -0.39 is 0 Å². The second kappa shape index (κ2) is 10.8. The fraction of sp³-hybridized carbons (Fsp3) is 0.524. The SMILES string of the molecule is CCCCCCCC[C@]1(C)SC(=O)C=C1OCC(=O)Nc1ccc(Cl)cc1. The first-order valence-electron chi connectivity index (χ1n) is 9.56. The van der Waals surface area contributed by atoms with E-state index in [9.17, 15) is 9.59 Å². The summed E-state index contributed by atoms with van der Waals surface area (Å²) in [4.78, 5) is 24.0. The largest absolute Gasteiger partial charge is 0.486 e. The number of rotatable bonds is 11. The summed E-state index contributed by atoms with van der Waals surface area (Å²) in [7, 11) is 0. The Morgan fingerprint density at radius 1 is 1.15 bits per heavy atom. The van der Waals surface area contributed by atoms with E-state index in [4.69, 9.17) is 16.3 Å². The van der Waals surface area contributed by atoms with Gasteiger partial charge in [-0.1, -0.05) is 68.8 Å². The molecule has 0 saturated carbocycles. The number of anilines is 1. The molecule has 1 atom stereocenters. The van der Waals surface area contributed by atoms with E-state index in [0.29, 0.717) is 16.5 Å². The lowest BCUT2D eigenvalue weighted by molar-refractivity contribution is -0.119. The molecular weight excluding hydrogens is 382 g/mol. The van der Waals surface area contributed by atoms with E-state index in [1.165, 1.54) is 43.5 Å². The fourth-order valence-electron chi connectivity index (χ4n) is 3.05. The molecule has 0 unspecified atom stereocenters. The van der Waals surface area contributed by atoms with Crippen molar-refractivity contribution >= 4 is 40.1 Å². The number of carbonyl (C=O) groups is 2. The van der Waals surface area contributed by atoms with Crippen LogP contribution in [0.1, 0.15) is 58.8 Å². The van der Waals surface area contributed by atoms with E-state index in [1.54, 1.807) is 24.3 Å². The van der Waals surface area contributed by atoms with Crippen molar-refractivity contribution in [3.63, 3.8) is 0 Å². The van der Waals surface area contributed by atoms with E-state index in [1.807, 2.05) is 6.92 Å². The van der Waals surface area contributed by atoms with Crippen molar-refractivity contribution in [3.8, 4) is 0 Å². The molecule has 1 aliphatic heterocycles. The maximum absolute atomic E-state index is 12.1. The van der Waals surface area contributed by atoms with Crippen molar-refractivity contribution in [3.05, 3.63) is 41.1 Å². The Balaban J connectivity index is 1.80. The molecule has 1 amide bonds. The topological polar surface area (TPSA) is 55.4 Å². The number of hydrogen-bond acceptors (Lipinski definition) is 4. The van der Waals surface area contributed by atoms with Gasteiger partial charge in [-0.25, -0.2) is 0 Å². The molecule has 27 heavy (non-hydrogen) atoms. The van der Waals surface area contributed by atoms with E-state index in [0.717, 1.165) is 19.3 Å². The molecule has 0 bridgehead atoms. The van der Waals surface area contributed by atoms with Crippen LogP contribution >= 0.6 is 23.4 Å². The molecule has 1 N–H and O–H groups in total. The molecule has 0 aromatic heterocycles. The van der Waals surface area contributed by atoms with Crippen LogP contribution in [0.2, 0.25) is 5.02 Å². The summed E-state index contributed by atoms with van der Waals surface area (Å²) in [6, 6.07) is 6.89. The van der Waals surface area contributed by atoms with Gasteiger partial charge in [0.1, 0.15) is 5.76 Å². The predicted molar refractivity (Wildman–Crippen MR) is 113 cm³/mol. The second-order valence-electron chi connectivity index (χ2n) is 7.02. The number of carbonyl (C=O) groups excluding carboxylic acids is 2. The van der Waals surface area contributed by atoms with Crippen molar-refractivity contribution in [2.24, 2.45) is 0 Å². The highest BCUT2D eigenvalue weighted by Crippen LogP contribution is 2.44. The molecule has 0 aliphatic carbocycles. The Hall–Kier alpha value is -1.46. The van der Waals surface area contributed by atoms with Crippen LogP contribution in [-0.2, 0) is 14.3 Å². The highest BCUT2D eigenvalue weighted by atomic mass is 35.5. The minimum Gasteiger partial charge on any atom is -0.486 e. The maximum atomic E-state index is 12.1. The quantitative estimate of drug-likeness (QED) is 0.458. The van der Waals surface area contributed by atoms with Gasteiger partial charge in [-0.3, -0.25) is 9.59 Å². The molecule has 4 nitrogen and oxygen atoms in total. The highest BCUT2D eigenvalue weighted by Gasteiger charge is 2.39. The van der Waals surface area contributed by atoms with Crippen LogP contribution in [0.5, 0.6) is 0 Å². The molecular formula is C21H28ClNO3S. The molecule has 0 spiro atoms. The Kier molecular flexibility index (Phi) is 8.71. The van der Waals surface area contributed by atoms with Gasteiger partial charge in [0.25, 0.3) is 5.91 Å².